The summed E-state index contributed by atoms with van der Waals surface area (Å²) < 4.78 is 0. The van der Waals surface area contributed by atoms with Crippen molar-refractivity contribution in [2.75, 3.05) is 0 Å². The molecule has 2 aliphatic heterocycles. The zero-order valence-corrected chi connectivity index (χ0v) is 26.5. The van der Waals surface area contributed by atoms with Gasteiger partial charge in [0.2, 0.25) is 6.71 Å². The van der Waals surface area contributed by atoms with Gasteiger partial charge in [0.25, 0.3) is 0 Å². The van der Waals surface area contributed by atoms with Crippen LogP contribution in [0.15, 0.2) is 152 Å². The standard InChI is InChI=1S/C46H31B/c1-45(2)36-16-6-3-14-32(36)34-26-28(22-24-37(34)45)29-23-25-42-35(27-29)33-15-11-20-41-44(33)47(42)43-21-10-9-19-40(43)46(41)38-17-7-4-12-30(38)31-13-5-8-18-39(31)46/h3-27H,1-2H3. The van der Waals surface area contributed by atoms with Crippen LogP contribution < -0.4 is 16.4 Å². The van der Waals surface area contributed by atoms with Crippen LogP contribution in [0.2, 0.25) is 0 Å². The summed E-state index contributed by atoms with van der Waals surface area (Å²) in [5, 5.41) is 0. The van der Waals surface area contributed by atoms with Crippen molar-refractivity contribution in [3.05, 3.63) is 185 Å². The molecule has 0 atom stereocenters. The topological polar surface area (TPSA) is 0 Å². The third-order valence-electron chi connectivity index (χ3n) is 12.0. The van der Waals surface area contributed by atoms with Gasteiger partial charge in [-0.15, -0.1) is 0 Å². The molecule has 0 amide bonds. The predicted molar refractivity (Wildman–Crippen MR) is 197 cm³/mol. The lowest BCUT2D eigenvalue weighted by Crippen LogP contribution is -2.59. The number of hydrogen-bond donors (Lipinski definition) is 0. The fourth-order valence-corrected chi connectivity index (χ4v) is 10.1. The molecule has 47 heavy (non-hydrogen) atoms. The van der Waals surface area contributed by atoms with Crippen LogP contribution in [-0.4, -0.2) is 6.71 Å². The monoisotopic (exact) mass is 594 g/mol. The van der Waals surface area contributed by atoms with E-state index in [9.17, 15) is 0 Å². The molecule has 0 nitrogen and oxygen atoms in total. The van der Waals surface area contributed by atoms with E-state index in [2.05, 4.69) is 166 Å². The molecular weight excluding hydrogens is 563 g/mol. The van der Waals surface area contributed by atoms with E-state index in [1.807, 2.05) is 0 Å². The normalized spacial score (nSPS) is 15.7. The molecule has 0 saturated heterocycles. The van der Waals surface area contributed by atoms with E-state index in [1.54, 1.807) is 0 Å². The van der Waals surface area contributed by atoms with Crippen molar-refractivity contribution in [3.63, 3.8) is 0 Å². The van der Waals surface area contributed by atoms with Gasteiger partial charge < -0.3 is 0 Å². The van der Waals surface area contributed by atoms with Crippen molar-refractivity contribution in [2.45, 2.75) is 24.7 Å². The molecule has 7 aromatic carbocycles. The van der Waals surface area contributed by atoms with Crippen LogP contribution in [-0.2, 0) is 10.8 Å². The van der Waals surface area contributed by atoms with Crippen molar-refractivity contribution in [3.8, 4) is 44.5 Å². The van der Waals surface area contributed by atoms with Crippen molar-refractivity contribution >= 4 is 23.1 Å². The maximum atomic E-state index is 2.48. The van der Waals surface area contributed by atoms with Crippen LogP contribution in [0.4, 0.5) is 0 Å². The Morgan fingerprint density at radius 3 is 1.60 bits per heavy atom. The van der Waals surface area contributed by atoms with Crippen molar-refractivity contribution in [1.82, 2.24) is 0 Å². The van der Waals surface area contributed by atoms with Gasteiger partial charge in [-0.05, 0) is 90.0 Å². The first-order valence-electron chi connectivity index (χ1n) is 16.9. The summed E-state index contributed by atoms with van der Waals surface area (Å²) in [5.41, 5.74) is 23.3. The Balaban J connectivity index is 1.16. The molecule has 2 aliphatic carbocycles. The first-order valence-corrected chi connectivity index (χ1v) is 16.9. The summed E-state index contributed by atoms with van der Waals surface area (Å²) in [5.74, 6) is 0. The Morgan fingerprint density at radius 1 is 0.362 bits per heavy atom. The minimum Gasteiger partial charge on any atom is -0.0666 e. The fraction of sp³-hybridized carbons (Fsp3) is 0.0870. The summed E-state index contributed by atoms with van der Waals surface area (Å²) in [4.78, 5) is 0. The van der Waals surface area contributed by atoms with E-state index in [4.69, 9.17) is 0 Å². The molecule has 1 spiro atoms. The first kappa shape index (κ1) is 25.8. The lowest BCUT2D eigenvalue weighted by molar-refractivity contribution is 0.660. The van der Waals surface area contributed by atoms with Crippen LogP contribution in [0.3, 0.4) is 0 Å². The Morgan fingerprint density at radius 2 is 0.872 bits per heavy atom. The molecule has 0 radical (unpaired) electrons. The minimum absolute atomic E-state index is 0.0149. The van der Waals surface area contributed by atoms with Gasteiger partial charge in [-0.25, -0.2) is 0 Å². The average molecular weight is 595 g/mol. The molecule has 0 bridgehead atoms. The largest absolute Gasteiger partial charge is 0.243 e. The minimum atomic E-state index is -0.337. The number of fused-ring (bicyclic) bond motifs is 15. The van der Waals surface area contributed by atoms with Gasteiger partial charge in [-0.1, -0.05) is 170 Å². The third kappa shape index (κ3) is 2.98. The first-order chi connectivity index (χ1) is 23.1. The Kier molecular flexibility index (Phi) is 4.76. The van der Waals surface area contributed by atoms with Crippen LogP contribution in [0.25, 0.3) is 44.5 Å². The van der Waals surface area contributed by atoms with Crippen molar-refractivity contribution < 1.29 is 0 Å². The van der Waals surface area contributed by atoms with E-state index in [0.717, 1.165) is 0 Å². The molecule has 1 heteroatoms. The van der Waals surface area contributed by atoms with Crippen LogP contribution >= 0.6 is 0 Å². The van der Waals surface area contributed by atoms with E-state index in [1.165, 1.54) is 94.3 Å². The molecule has 0 unspecified atom stereocenters. The average Bonchev–Trinajstić information content (AvgIpc) is 3.70. The lowest BCUT2D eigenvalue weighted by atomic mass is 9.32. The van der Waals surface area contributed by atoms with Gasteiger partial charge in [0.15, 0.2) is 0 Å². The summed E-state index contributed by atoms with van der Waals surface area (Å²) in [6.45, 7) is 4.93. The second-order valence-corrected chi connectivity index (χ2v) is 14.4. The highest BCUT2D eigenvalue weighted by Gasteiger charge is 2.54. The van der Waals surface area contributed by atoms with Gasteiger partial charge in [0.1, 0.15) is 0 Å². The summed E-state index contributed by atoms with van der Waals surface area (Å²) in [6.07, 6.45) is 0. The molecule has 4 aliphatic rings. The smallest absolute Gasteiger partial charge is 0.0666 e. The van der Waals surface area contributed by atoms with Crippen molar-refractivity contribution in [2.24, 2.45) is 0 Å². The fourth-order valence-electron chi connectivity index (χ4n) is 10.1. The van der Waals surface area contributed by atoms with E-state index < -0.39 is 0 Å². The predicted octanol–water partition coefficient (Wildman–Crippen LogP) is 8.83. The summed E-state index contributed by atoms with van der Waals surface area (Å²) >= 11 is 0. The van der Waals surface area contributed by atoms with Crippen LogP contribution in [0.5, 0.6) is 0 Å². The quantitative estimate of drug-likeness (QED) is 0.167. The van der Waals surface area contributed by atoms with Gasteiger partial charge in [-0.2, -0.15) is 0 Å². The van der Waals surface area contributed by atoms with Gasteiger partial charge in [0.05, 0.1) is 5.41 Å². The molecule has 0 aromatic heterocycles. The highest BCUT2D eigenvalue weighted by atomic mass is 14.5. The maximum absolute atomic E-state index is 2.48. The number of hydrogen-bond acceptors (Lipinski definition) is 0. The Bertz CT molecular complexity index is 2470. The van der Waals surface area contributed by atoms with E-state index in [-0.39, 0.29) is 17.5 Å². The van der Waals surface area contributed by atoms with Gasteiger partial charge in [0, 0.05) is 5.41 Å². The SMILES string of the molecule is CC1(C)c2ccccc2-c2cc(-c3ccc4c(c3)-c3cccc5c3B4c3ccccc3C53c4ccccc4-c4ccccc43)ccc21. The second kappa shape index (κ2) is 8.69. The highest BCUT2D eigenvalue weighted by molar-refractivity contribution is 7.00. The summed E-state index contributed by atoms with van der Waals surface area (Å²) in [6, 6.07) is 57.9. The Hall–Kier alpha value is -5.40. The number of rotatable bonds is 1. The number of benzene rings is 7. The lowest BCUT2D eigenvalue weighted by Gasteiger charge is -2.42. The molecule has 0 N–H and O–H groups in total. The van der Waals surface area contributed by atoms with Gasteiger partial charge in [-0.3, -0.25) is 0 Å². The second-order valence-electron chi connectivity index (χ2n) is 14.4. The summed E-state index contributed by atoms with van der Waals surface area (Å²) in [7, 11) is 0. The zero-order valence-electron chi connectivity index (χ0n) is 26.5. The zero-order chi connectivity index (χ0) is 31.1. The van der Waals surface area contributed by atoms with E-state index in [0.29, 0.717) is 0 Å². The highest BCUT2D eigenvalue weighted by Crippen LogP contribution is 2.57. The maximum Gasteiger partial charge on any atom is 0.243 e. The van der Waals surface area contributed by atoms with Crippen molar-refractivity contribution in [1.29, 1.82) is 0 Å². The molecule has 0 fully saturated rings. The third-order valence-corrected chi connectivity index (χ3v) is 12.0. The molecule has 7 aromatic rings. The van der Waals surface area contributed by atoms with Crippen LogP contribution in [0, 0.1) is 0 Å². The van der Waals surface area contributed by atoms with Crippen LogP contribution in [0.1, 0.15) is 47.2 Å². The molecule has 2 heterocycles. The van der Waals surface area contributed by atoms with E-state index >= 15 is 0 Å². The molecule has 218 valence electrons. The van der Waals surface area contributed by atoms with Gasteiger partial charge >= 0.3 is 0 Å². The molecule has 11 rings (SSSR count). The Labute approximate surface area is 276 Å². The molecule has 0 saturated carbocycles. The molecular formula is C46H31B.